The molecule has 1 amide bonds. The summed E-state index contributed by atoms with van der Waals surface area (Å²) in [5.74, 6) is 1.69. The first-order valence-electron chi connectivity index (χ1n) is 8.73. The summed E-state index contributed by atoms with van der Waals surface area (Å²) in [5, 5.41) is 5.20. The van der Waals surface area contributed by atoms with Crippen molar-refractivity contribution in [3.63, 3.8) is 0 Å². The van der Waals surface area contributed by atoms with E-state index in [1.54, 1.807) is 19.4 Å². The van der Waals surface area contributed by atoms with Gasteiger partial charge in [-0.05, 0) is 66.1 Å². The number of benzene rings is 2. The van der Waals surface area contributed by atoms with Gasteiger partial charge in [0.15, 0.2) is 0 Å². The van der Waals surface area contributed by atoms with Crippen molar-refractivity contribution in [3.8, 4) is 5.75 Å². The summed E-state index contributed by atoms with van der Waals surface area (Å²) in [6, 6.07) is 15.9. The molecule has 134 valence electrons. The van der Waals surface area contributed by atoms with Crippen LogP contribution in [0.4, 0.5) is 0 Å². The van der Waals surface area contributed by atoms with E-state index in [-0.39, 0.29) is 11.9 Å². The fourth-order valence-corrected chi connectivity index (χ4v) is 2.82. The topological polar surface area (TPSA) is 51.5 Å². The van der Waals surface area contributed by atoms with Crippen molar-refractivity contribution in [2.24, 2.45) is 0 Å². The molecule has 0 fully saturated rings. The Morgan fingerprint density at radius 2 is 2.00 bits per heavy atom. The van der Waals surface area contributed by atoms with E-state index in [4.69, 9.17) is 9.15 Å². The predicted octanol–water partition coefficient (Wildman–Crippen LogP) is 4.59. The summed E-state index contributed by atoms with van der Waals surface area (Å²) in [7, 11) is 1.66. The van der Waals surface area contributed by atoms with Crippen LogP contribution in [-0.4, -0.2) is 19.1 Å². The van der Waals surface area contributed by atoms with Crippen LogP contribution in [0.1, 0.15) is 24.7 Å². The molecule has 0 aliphatic rings. The normalized spacial score (nSPS) is 12.4. The maximum atomic E-state index is 12.1. The lowest BCUT2D eigenvalue weighted by atomic mass is 10.1. The van der Waals surface area contributed by atoms with Gasteiger partial charge in [-0.25, -0.2) is 0 Å². The number of nitrogens with one attached hydrogen (secondary N) is 1. The standard InChI is InChI=1S/C22H23NO3/c1-16(5-10-20-4-3-13-26-20)23-22(24)12-7-17-6-8-19-15-21(25-2)11-9-18(19)14-17/h3-4,6-9,11-16H,5,10H2,1-2H3,(H,23,24)/b12-7+/t16-/m0/s1. The van der Waals surface area contributed by atoms with E-state index >= 15 is 0 Å². The molecule has 1 N–H and O–H groups in total. The van der Waals surface area contributed by atoms with Crippen LogP contribution in [0.2, 0.25) is 0 Å². The molecule has 0 saturated heterocycles. The first-order valence-corrected chi connectivity index (χ1v) is 8.73. The van der Waals surface area contributed by atoms with Crippen LogP contribution in [-0.2, 0) is 11.2 Å². The number of aryl methyl sites for hydroxylation is 1. The molecule has 0 saturated carbocycles. The number of furan rings is 1. The third-order valence-electron chi connectivity index (χ3n) is 4.29. The molecule has 4 nitrogen and oxygen atoms in total. The van der Waals surface area contributed by atoms with Crippen molar-refractivity contribution in [3.05, 3.63) is 72.2 Å². The number of hydrogen-bond donors (Lipinski definition) is 1. The van der Waals surface area contributed by atoms with Gasteiger partial charge in [0.2, 0.25) is 5.91 Å². The Morgan fingerprint density at radius 3 is 2.77 bits per heavy atom. The van der Waals surface area contributed by atoms with Gasteiger partial charge in [-0.15, -0.1) is 0 Å². The van der Waals surface area contributed by atoms with Gasteiger partial charge >= 0.3 is 0 Å². The highest BCUT2D eigenvalue weighted by Gasteiger charge is 2.06. The Morgan fingerprint density at radius 1 is 1.19 bits per heavy atom. The number of carbonyl (C=O) groups is 1. The van der Waals surface area contributed by atoms with Gasteiger partial charge < -0.3 is 14.5 Å². The number of amides is 1. The minimum atomic E-state index is -0.0910. The molecule has 0 spiro atoms. The van der Waals surface area contributed by atoms with Crippen molar-refractivity contribution >= 4 is 22.8 Å². The Kier molecular flexibility index (Phi) is 5.74. The first kappa shape index (κ1) is 17.8. The molecule has 3 aromatic rings. The van der Waals surface area contributed by atoms with E-state index in [9.17, 15) is 4.79 Å². The Labute approximate surface area is 153 Å². The van der Waals surface area contributed by atoms with Crippen molar-refractivity contribution < 1.29 is 13.9 Å². The molecule has 0 bridgehead atoms. The minimum absolute atomic E-state index is 0.0846. The molecule has 1 heterocycles. The molecular formula is C22H23NO3. The van der Waals surface area contributed by atoms with Gasteiger partial charge in [-0.1, -0.05) is 18.2 Å². The van der Waals surface area contributed by atoms with E-state index in [0.29, 0.717) is 0 Å². The number of ether oxygens (including phenoxy) is 1. The maximum Gasteiger partial charge on any atom is 0.244 e. The van der Waals surface area contributed by atoms with E-state index in [1.165, 1.54) is 0 Å². The van der Waals surface area contributed by atoms with Crippen LogP contribution in [0.5, 0.6) is 5.75 Å². The summed E-state index contributed by atoms with van der Waals surface area (Å²) in [5.41, 5.74) is 0.987. The third-order valence-corrected chi connectivity index (χ3v) is 4.29. The highest BCUT2D eigenvalue weighted by atomic mass is 16.5. The highest BCUT2D eigenvalue weighted by molar-refractivity contribution is 5.93. The van der Waals surface area contributed by atoms with Crippen LogP contribution in [0.15, 0.2) is 65.3 Å². The fraction of sp³-hybridized carbons (Fsp3) is 0.227. The average Bonchev–Trinajstić information content (AvgIpc) is 3.17. The predicted molar refractivity (Wildman–Crippen MR) is 104 cm³/mol. The number of carbonyl (C=O) groups excluding carboxylic acids is 1. The van der Waals surface area contributed by atoms with Gasteiger partial charge in [0, 0.05) is 18.5 Å². The average molecular weight is 349 g/mol. The van der Waals surface area contributed by atoms with Gasteiger partial charge in [-0.2, -0.15) is 0 Å². The highest BCUT2D eigenvalue weighted by Crippen LogP contribution is 2.22. The Balaban J connectivity index is 1.56. The van der Waals surface area contributed by atoms with E-state index in [1.807, 2.05) is 55.5 Å². The second-order valence-electron chi connectivity index (χ2n) is 6.33. The van der Waals surface area contributed by atoms with Gasteiger partial charge in [-0.3, -0.25) is 4.79 Å². The van der Waals surface area contributed by atoms with E-state index < -0.39 is 0 Å². The van der Waals surface area contributed by atoms with Crippen molar-refractivity contribution in [1.82, 2.24) is 5.32 Å². The van der Waals surface area contributed by atoms with Crippen LogP contribution in [0.3, 0.4) is 0 Å². The smallest absolute Gasteiger partial charge is 0.244 e. The SMILES string of the molecule is COc1ccc2cc(/C=C/C(=O)N[C@@H](C)CCc3ccco3)ccc2c1. The summed E-state index contributed by atoms with van der Waals surface area (Å²) in [6.07, 6.45) is 6.73. The lowest BCUT2D eigenvalue weighted by Crippen LogP contribution is -2.31. The fourth-order valence-electron chi connectivity index (χ4n) is 2.82. The molecule has 3 rings (SSSR count). The second kappa shape index (κ2) is 8.39. The summed E-state index contributed by atoms with van der Waals surface area (Å²) in [4.78, 5) is 12.1. The quantitative estimate of drug-likeness (QED) is 0.635. The molecule has 1 aromatic heterocycles. The van der Waals surface area contributed by atoms with Gasteiger partial charge in [0.05, 0.1) is 13.4 Å². The summed E-state index contributed by atoms with van der Waals surface area (Å²) < 4.78 is 10.5. The summed E-state index contributed by atoms with van der Waals surface area (Å²) in [6.45, 7) is 2.00. The monoisotopic (exact) mass is 349 g/mol. The lowest BCUT2D eigenvalue weighted by Gasteiger charge is -2.11. The van der Waals surface area contributed by atoms with Gasteiger partial charge in [0.1, 0.15) is 11.5 Å². The van der Waals surface area contributed by atoms with Crippen LogP contribution < -0.4 is 10.1 Å². The zero-order valence-corrected chi connectivity index (χ0v) is 15.1. The molecule has 0 unspecified atom stereocenters. The molecule has 26 heavy (non-hydrogen) atoms. The molecule has 2 aromatic carbocycles. The molecular weight excluding hydrogens is 326 g/mol. The number of fused-ring (bicyclic) bond motifs is 1. The van der Waals surface area contributed by atoms with Gasteiger partial charge in [0.25, 0.3) is 0 Å². The van der Waals surface area contributed by atoms with E-state index in [0.717, 1.165) is 40.7 Å². The molecule has 0 radical (unpaired) electrons. The molecule has 0 aliphatic carbocycles. The second-order valence-corrected chi connectivity index (χ2v) is 6.33. The Hall–Kier alpha value is -3.01. The number of rotatable bonds is 7. The Bertz CT molecular complexity index is 897. The molecule has 4 heteroatoms. The van der Waals surface area contributed by atoms with Crippen molar-refractivity contribution in [2.45, 2.75) is 25.8 Å². The minimum Gasteiger partial charge on any atom is -0.497 e. The largest absolute Gasteiger partial charge is 0.497 e. The number of hydrogen-bond acceptors (Lipinski definition) is 3. The maximum absolute atomic E-state index is 12.1. The van der Waals surface area contributed by atoms with Crippen LogP contribution in [0, 0.1) is 0 Å². The zero-order valence-electron chi connectivity index (χ0n) is 15.1. The van der Waals surface area contributed by atoms with Crippen molar-refractivity contribution in [1.29, 1.82) is 0 Å². The third kappa shape index (κ3) is 4.76. The van der Waals surface area contributed by atoms with E-state index in [2.05, 4.69) is 11.4 Å². The first-order chi connectivity index (χ1) is 12.6. The zero-order chi connectivity index (χ0) is 18.4. The van der Waals surface area contributed by atoms with Crippen LogP contribution in [0.25, 0.3) is 16.8 Å². The lowest BCUT2D eigenvalue weighted by molar-refractivity contribution is -0.117. The molecule has 0 aliphatic heterocycles. The van der Waals surface area contributed by atoms with Crippen LogP contribution >= 0.6 is 0 Å². The molecule has 1 atom stereocenters. The summed E-state index contributed by atoms with van der Waals surface area (Å²) >= 11 is 0. The number of methoxy groups -OCH3 is 1. The van der Waals surface area contributed by atoms with Crippen molar-refractivity contribution in [2.75, 3.05) is 7.11 Å².